The number of benzene rings is 2. The second-order valence-corrected chi connectivity index (χ2v) is 11.9. The van der Waals surface area contributed by atoms with Crippen LogP contribution in [-0.2, 0) is 13.2 Å². The van der Waals surface area contributed by atoms with Gasteiger partial charge in [0.15, 0.2) is 0 Å². The molecule has 0 aliphatic heterocycles. The number of aryl methyl sites for hydroxylation is 1. The van der Waals surface area contributed by atoms with Gasteiger partial charge in [-0.25, -0.2) is 0 Å². The average molecular weight is 754 g/mol. The molecule has 0 aliphatic carbocycles. The highest BCUT2D eigenvalue weighted by atomic mass is 19.4. The van der Waals surface area contributed by atoms with Crippen LogP contribution in [0.2, 0.25) is 0 Å². The van der Waals surface area contributed by atoms with Crippen molar-refractivity contribution in [3.8, 4) is 22.6 Å². The lowest BCUT2D eigenvalue weighted by Gasteiger charge is -2.39. The van der Waals surface area contributed by atoms with Gasteiger partial charge < -0.3 is 9.47 Å². The van der Waals surface area contributed by atoms with Gasteiger partial charge >= 0.3 is 35.8 Å². The molecule has 0 radical (unpaired) electrons. The van der Waals surface area contributed by atoms with Gasteiger partial charge in [-0.15, -0.1) is 5.10 Å². The van der Waals surface area contributed by atoms with Crippen molar-refractivity contribution < 1.29 is 66.5 Å². The Morgan fingerprint density at radius 1 is 0.569 bits per heavy atom. The first-order valence-electron chi connectivity index (χ1n) is 16.0. The van der Waals surface area contributed by atoms with E-state index in [1.165, 1.54) is 38.5 Å². The van der Waals surface area contributed by atoms with E-state index < -0.39 is 48.8 Å². The minimum absolute atomic E-state index is 0.0848. The van der Waals surface area contributed by atoms with Crippen LogP contribution in [0, 0.1) is 0 Å². The number of alkyl halides is 13. The Morgan fingerprint density at radius 2 is 1.04 bits per heavy atom. The number of hydrogen-bond donors (Lipinski definition) is 0. The van der Waals surface area contributed by atoms with E-state index in [0.717, 1.165) is 35.9 Å². The minimum Gasteiger partial charge on any atom is -0.494 e. The van der Waals surface area contributed by atoms with Crippen LogP contribution in [-0.4, -0.2) is 57.4 Å². The zero-order valence-corrected chi connectivity index (χ0v) is 27.3. The van der Waals surface area contributed by atoms with Crippen LogP contribution < -0.4 is 9.47 Å². The fourth-order valence-electron chi connectivity index (χ4n) is 4.80. The van der Waals surface area contributed by atoms with Crippen LogP contribution in [0.15, 0.2) is 54.7 Å². The third kappa shape index (κ3) is 9.78. The summed E-state index contributed by atoms with van der Waals surface area (Å²) >= 11 is 0. The normalized spacial score (nSPS) is 13.5. The maximum atomic E-state index is 14.1. The Bertz CT molecular complexity index is 1490. The molecule has 286 valence electrons. The smallest absolute Gasteiger partial charge is 0.460 e. The molecule has 0 amide bonds. The molecule has 0 N–H and O–H groups in total. The molecule has 0 saturated carbocycles. The average Bonchev–Trinajstić information content (AvgIpc) is 3.53. The molecule has 5 nitrogen and oxygen atoms in total. The third-order valence-corrected chi connectivity index (χ3v) is 7.93. The molecule has 0 aliphatic rings. The predicted molar refractivity (Wildman–Crippen MR) is 160 cm³/mol. The summed E-state index contributed by atoms with van der Waals surface area (Å²) < 4.78 is 185. The molecule has 0 bridgehead atoms. The number of aromatic nitrogens is 3. The fraction of sp³-hybridized carbons (Fsp3) is 0.576. The summed E-state index contributed by atoms with van der Waals surface area (Å²) in [4.78, 5) is 0. The Hall–Kier alpha value is -3.73. The molecule has 0 spiro atoms. The summed E-state index contributed by atoms with van der Waals surface area (Å²) in [5.41, 5.74) is 1.62. The summed E-state index contributed by atoms with van der Waals surface area (Å²) in [7, 11) is 0. The highest BCUT2D eigenvalue weighted by Gasteiger charge is 2.90. The second kappa shape index (κ2) is 16.7. The van der Waals surface area contributed by atoms with Crippen molar-refractivity contribution in [2.45, 2.75) is 114 Å². The molecule has 0 saturated heterocycles. The van der Waals surface area contributed by atoms with Gasteiger partial charge in [0, 0.05) is 13.0 Å². The molecule has 0 atom stereocenters. The Morgan fingerprint density at radius 3 is 1.55 bits per heavy atom. The lowest BCUT2D eigenvalue weighted by molar-refractivity contribution is -0.440. The first-order valence-corrected chi connectivity index (χ1v) is 16.0. The maximum absolute atomic E-state index is 14.1. The number of hydrogen-bond acceptors (Lipinski definition) is 4. The van der Waals surface area contributed by atoms with Gasteiger partial charge in [-0.05, 0) is 41.8 Å². The number of rotatable bonds is 21. The highest BCUT2D eigenvalue weighted by molar-refractivity contribution is 5.64. The topological polar surface area (TPSA) is 49.2 Å². The van der Waals surface area contributed by atoms with Crippen molar-refractivity contribution in [1.29, 1.82) is 0 Å². The van der Waals surface area contributed by atoms with Crippen LogP contribution >= 0.6 is 0 Å². The van der Waals surface area contributed by atoms with Gasteiger partial charge in [-0.2, -0.15) is 57.1 Å². The van der Waals surface area contributed by atoms with E-state index in [2.05, 4.69) is 17.2 Å². The van der Waals surface area contributed by atoms with Gasteiger partial charge in [0.2, 0.25) is 0 Å². The van der Waals surface area contributed by atoms with Crippen molar-refractivity contribution in [3.63, 3.8) is 0 Å². The molecule has 1 heterocycles. The van der Waals surface area contributed by atoms with E-state index in [4.69, 9.17) is 9.47 Å². The summed E-state index contributed by atoms with van der Waals surface area (Å²) in [6.45, 7) is 1.05. The van der Waals surface area contributed by atoms with E-state index >= 15 is 0 Å². The van der Waals surface area contributed by atoms with Crippen LogP contribution in [0.4, 0.5) is 57.1 Å². The zero-order chi connectivity index (χ0) is 38.1. The Kier molecular flexibility index (Phi) is 13.7. The summed E-state index contributed by atoms with van der Waals surface area (Å²) in [5.74, 6) is -36.0. The summed E-state index contributed by atoms with van der Waals surface area (Å²) in [6, 6.07) is 14.1. The predicted octanol–water partition coefficient (Wildman–Crippen LogP) is 11.2. The molecule has 0 unspecified atom stereocenters. The van der Waals surface area contributed by atoms with Gasteiger partial charge in [-0.1, -0.05) is 81.3 Å². The number of halogens is 13. The van der Waals surface area contributed by atoms with Crippen molar-refractivity contribution >= 4 is 0 Å². The molecule has 0 fully saturated rings. The van der Waals surface area contributed by atoms with Crippen molar-refractivity contribution in [2.75, 3.05) is 6.61 Å². The Balaban J connectivity index is 1.49. The molecule has 3 aromatic rings. The van der Waals surface area contributed by atoms with Crippen LogP contribution in [0.25, 0.3) is 11.1 Å². The molecule has 3 rings (SSSR count). The quantitative estimate of drug-likeness (QED) is 0.0803. The number of nitrogens with zero attached hydrogens (tertiary/aromatic N) is 3. The van der Waals surface area contributed by atoms with E-state index in [-0.39, 0.29) is 12.3 Å². The van der Waals surface area contributed by atoms with E-state index in [0.29, 0.717) is 17.0 Å². The molecular formula is C33H36F13N3O2. The van der Waals surface area contributed by atoms with Gasteiger partial charge in [-0.3, -0.25) is 4.68 Å². The molecule has 18 heteroatoms. The van der Waals surface area contributed by atoms with Crippen LogP contribution in [0.5, 0.6) is 11.5 Å². The SMILES string of the molecule is CCCCCCCCCCOc1ccc(-c2ccc(OCc3cn(CCC(F)(F)C(F)(F)C(F)(F)C(F)(F)C(F)(F)C(F)(F)F)nn3)cc2)cc1. The maximum Gasteiger partial charge on any atom is 0.460 e. The summed E-state index contributed by atoms with van der Waals surface area (Å²) in [6.07, 6.45) is 0.518. The highest BCUT2D eigenvalue weighted by Crippen LogP contribution is 2.60. The fourth-order valence-corrected chi connectivity index (χ4v) is 4.80. The van der Waals surface area contributed by atoms with E-state index in [9.17, 15) is 57.1 Å². The Labute approximate surface area is 285 Å². The number of ether oxygens (including phenoxy) is 2. The largest absolute Gasteiger partial charge is 0.494 e. The first kappa shape index (κ1) is 41.7. The number of unbranched alkanes of at least 4 members (excludes halogenated alkanes) is 7. The monoisotopic (exact) mass is 753 g/mol. The van der Waals surface area contributed by atoms with Crippen LogP contribution in [0.3, 0.4) is 0 Å². The van der Waals surface area contributed by atoms with Gasteiger partial charge in [0.1, 0.15) is 23.8 Å². The molecule has 2 aromatic carbocycles. The van der Waals surface area contributed by atoms with E-state index in [1.807, 2.05) is 24.3 Å². The van der Waals surface area contributed by atoms with Crippen molar-refractivity contribution in [1.82, 2.24) is 15.0 Å². The van der Waals surface area contributed by atoms with Gasteiger partial charge in [0.25, 0.3) is 0 Å². The third-order valence-electron chi connectivity index (χ3n) is 7.93. The van der Waals surface area contributed by atoms with Crippen molar-refractivity contribution in [2.24, 2.45) is 0 Å². The molecular weight excluding hydrogens is 717 g/mol. The minimum atomic E-state index is -7.94. The zero-order valence-electron chi connectivity index (χ0n) is 27.3. The first-order chi connectivity index (χ1) is 23.7. The molecule has 51 heavy (non-hydrogen) atoms. The standard InChI is InChI=1S/C33H36F13N3O2/c1-2-3-4-5-6-7-8-9-20-50-26-14-10-23(11-15-26)24-12-16-27(17-13-24)51-22-25-21-49(48-47-25)19-18-28(34,35)29(36,37)30(38,39)31(40,41)32(42,43)33(44,45)46/h10-17,21H,2-9,18-20,22H2,1H3. The summed E-state index contributed by atoms with van der Waals surface area (Å²) in [5, 5.41) is 6.81. The van der Waals surface area contributed by atoms with Crippen LogP contribution in [0.1, 0.15) is 70.4 Å². The van der Waals surface area contributed by atoms with Gasteiger partial charge in [0.05, 0.1) is 12.8 Å². The molecule has 1 aromatic heterocycles. The van der Waals surface area contributed by atoms with Crippen molar-refractivity contribution in [3.05, 3.63) is 60.4 Å². The lowest BCUT2D eigenvalue weighted by Crippen LogP contribution is -2.70. The van der Waals surface area contributed by atoms with E-state index in [1.54, 1.807) is 24.3 Å². The second-order valence-electron chi connectivity index (χ2n) is 11.9. The lowest BCUT2D eigenvalue weighted by atomic mass is 9.92.